The molecule has 2 heterocycles. The third kappa shape index (κ3) is 3.69. The number of nitrogens with one attached hydrogen (secondary N) is 2. The third-order valence-corrected chi connectivity index (χ3v) is 3.04. The van der Waals surface area contributed by atoms with Crippen molar-refractivity contribution in [1.82, 2.24) is 10.3 Å². The maximum atomic E-state index is 11.9. The van der Waals surface area contributed by atoms with Gasteiger partial charge >= 0.3 is 6.09 Å². The van der Waals surface area contributed by atoms with Crippen LogP contribution >= 0.6 is 15.9 Å². The Morgan fingerprint density at radius 3 is 2.90 bits per heavy atom. The molecular weight excluding hydrogens is 326 g/mol. The molecule has 0 saturated carbocycles. The van der Waals surface area contributed by atoms with Gasteiger partial charge in [0.25, 0.3) is 0 Å². The lowest BCUT2D eigenvalue weighted by Crippen LogP contribution is -2.49. The van der Waals surface area contributed by atoms with E-state index in [0.717, 1.165) is 10.0 Å². The maximum absolute atomic E-state index is 11.9. The molecular formula is C13H16BrN3O3. The minimum absolute atomic E-state index is 0.293. The van der Waals surface area contributed by atoms with Gasteiger partial charge in [0.2, 0.25) is 5.91 Å². The Bertz CT molecular complexity index is 554. The lowest BCUT2D eigenvalue weighted by Gasteiger charge is -2.26. The highest BCUT2D eigenvalue weighted by Crippen LogP contribution is 2.23. The molecule has 0 saturated heterocycles. The van der Waals surface area contributed by atoms with Gasteiger partial charge in [0.1, 0.15) is 17.5 Å². The number of nitrogens with zero attached hydrogens (tertiary/aromatic N) is 1. The summed E-state index contributed by atoms with van der Waals surface area (Å²) in [6, 6.07) is 1.21. The van der Waals surface area contributed by atoms with Gasteiger partial charge in [0.15, 0.2) is 0 Å². The van der Waals surface area contributed by atoms with Gasteiger partial charge in [-0.1, -0.05) is 0 Å². The normalized spacial score (nSPS) is 18.0. The van der Waals surface area contributed by atoms with Gasteiger partial charge in [-0.05, 0) is 48.3 Å². The molecule has 6 nitrogen and oxygen atoms in total. The van der Waals surface area contributed by atoms with Crippen LogP contribution in [0.25, 0.3) is 0 Å². The molecule has 2 N–H and O–H groups in total. The monoisotopic (exact) mass is 341 g/mol. The summed E-state index contributed by atoms with van der Waals surface area (Å²) in [6.07, 6.45) is 1.39. The lowest BCUT2D eigenvalue weighted by atomic mass is 10.0. The molecule has 0 radical (unpaired) electrons. The number of halogens is 1. The van der Waals surface area contributed by atoms with Gasteiger partial charge in [-0.25, -0.2) is 9.78 Å². The predicted molar refractivity (Wildman–Crippen MR) is 77.4 cm³/mol. The van der Waals surface area contributed by atoms with Crippen molar-refractivity contribution in [3.05, 3.63) is 22.3 Å². The van der Waals surface area contributed by atoms with E-state index in [1.807, 2.05) is 6.07 Å². The number of amides is 2. The summed E-state index contributed by atoms with van der Waals surface area (Å²) in [5, 5.41) is 5.23. The number of aromatic nitrogens is 1. The van der Waals surface area contributed by atoms with E-state index in [9.17, 15) is 9.59 Å². The van der Waals surface area contributed by atoms with Crippen molar-refractivity contribution >= 4 is 33.7 Å². The molecule has 108 valence electrons. The SMILES string of the molecule is CC(C)(C)OC(=O)NC1Cc2cc(Br)cnc2NC1=O. The Labute approximate surface area is 125 Å². The van der Waals surface area contributed by atoms with E-state index in [4.69, 9.17) is 4.74 Å². The molecule has 0 aromatic carbocycles. The molecule has 7 heteroatoms. The van der Waals surface area contributed by atoms with Crippen LogP contribution in [0.1, 0.15) is 26.3 Å². The van der Waals surface area contributed by atoms with Crippen LogP contribution in [0.15, 0.2) is 16.7 Å². The first-order valence-electron chi connectivity index (χ1n) is 6.19. The first kappa shape index (κ1) is 14.8. The second-order valence-corrected chi connectivity index (χ2v) is 6.47. The summed E-state index contributed by atoms with van der Waals surface area (Å²) in [7, 11) is 0. The van der Waals surface area contributed by atoms with Crippen LogP contribution < -0.4 is 10.6 Å². The summed E-state index contributed by atoms with van der Waals surface area (Å²) in [5.41, 5.74) is 0.262. The summed E-state index contributed by atoms with van der Waals surface area (Å²) in [4.78, 5) is 27.7. The number of hydrogen-bond acceptors (Lipinski definition) is 4. The van der Waals surface area contributed by atoms with Crippen LogP contribution in [0.5, 0.6) is 0 Å². The summed E-state index contributed by atoms with van der Waals surface area (Å²) in [6.45, 7) is 5.30. The highest BCUT2D eigenvalue weighted by molar-refractivity contribution is 9.10. The third-order valence-electron chi connectivity index (χ3n) is 2.61. The zero-order valence-electron chi connectivity index (χ0n) is 11.5. The standard InChI is InChI=1S/C13H16BrN3O3/c1-13(2,3)20-12(19)16-9-5-7-4-8(14)6-15-10(7)17-11(9)18/h4,6,9H,5H2,1-3H3,(H,16,19)(H,15,17,18). The molecule has 1 aromatic rings. The highest BCUT2D eigenvalue weighted by Gasteiger charge is 2.29. The lowest BCUT2D eigenvalue weighted by molar-refractivity contribution is -0.118. The number of carbonyl (C=O) groups excluding carboxylic acids is 2. The van der Waals surface area contributed by atoms with Gasteiger partial charge in [0.05, 0.1) is 0 Å². The summed E-state index contributed by atoms with van der Waals surface area (Å²) >= 11 is 3.33. The molecule has 20 heavy (non-hydrogen) atoms. The zero-order chi connectivity index (χ0) is 14.9. The van der Waals surface area contributed by atoms with Crippen molar-refractivity contribution in [2.75, 3.05) is 5.32 Å². The van der Waals surface area contributed by atoms with Crippen molar-refractivity contribution in [3.63, 3.8) is 0 Å². The van der Waals surface area contributed by atoms with Crippen molar-refractivity contribution in [3.8, 4) is 0 Å². The van der Waals surface area contributed by atoms with Crippen molar-refractivity contribution in [2.24, 2.45) is 0 Å². The van der Waals surface area contributed by atoms with Crippen molar-refractivity contribution in [1.29, 1.82) is 0 Å². The quantitative estimate of drug-likeness (QED) is 0.820. The fourth-order valence-corrected chi connectivity index (χ4v) is 2.21. The average molecular weight is 342 g/mol. The molecule has 0 spiro atoms. The van der Waals surface area contributed by atoms with Crippen LogP contribution in [-0.2, 0) is 16.0 Å². The summed E-state index contributed by atoms with van der Waals surface area (Å²) in [5.74, 6) is 0.235. The first-order chi connectivity index (χ1) is 9.24. The van der Waals surface area contributed by atoms with E-state index in [-0.39, 0.29) is 5.91 Å². The number of hydrogen-bond donors (Lipinski definition) is 2. The van der Waals surface area contributed by atoms with Crippen molar-refractivity contribution < 1.29 is 14.3 Å². The second-order valence-electron chi connectivity index (χ2n) is 5.55. The number of carbonyl (C=O) groups is 2. The Balaban J connectivity index is 2.07. The van der Waals surface area contributed by atoms with Gasteiger partial charge in [0, 0.05) is 17.1 Å². The topological polar surface area (TPSA) is 80.3 Å². The Morgan fingerprint density at radius 2 is 2.25 bits per heavy atom. The van der Waals surface area contributed by atoms with E-state index >= 15 is 0 Å². The summed E-state index contributed by atoms with van der Waals surface area (Å²) < 4.78 is 5.97. The smallest absolute Gasteiger partial charge is 0.408 e. The number of ether oxygens (including phenoxy) is 1. The van der Waals surface area contributed by atoms with Crippen LogP contribution in [0.2, 0.25) is 0 Å². The molecule has 2 amide bonds. The van der Waals surface area contributed by atoms with Crippen LogP contribution in [-0.4, -0.2) is 28.6 Å². The Hall–Kier alpha value is -1.63. The fraction of sp³-hybridized carbons (Fsp3) is 0.462. The van der Waals surface area contributed by atoms with Crippen LogP contribution in [0, 0.1) is 0 Å². The largest absolute Gasteiger partial charge is 0.444 e. The Morgan fingerprint density at radius 1 is 1.55 bits per heavy atom. The average Bonchev–Trinajstić information content (AvgIpc) is 2.28. The van der Waals surface area contributed by atoms with E-state index in [1.165, 1.54) is 0 Å². The number of fused-ring (bicyclic) bond motifs is 1. The van der Waals surface area contributed by atoms with Gasteiger partial charge in [-0.2, -0.15) is 0 Å². The van der Waals surface area contributed by atoms with Gasteiger partial charge in [-0.3, -0.25) is 4.79 Å². The maximum Gasteiger partial charge on any atom is 0.408 e. The fourth-order valence-electron chi connectivity index (χ4n) is 1.83. The van der Waals surface area contributed by atoms with E-state index in [1.54, 1.807) is 27.0 Å². The predicted octanol–water partition coefficient (Wildman–Crippen LogP) is 2.23. The second kappa shape index (κ2) is 5.40. The number of pyridine rings is 1. The minimum Gasteiger partial charge on any atom is -0.444 e. The molecule has 1 aromatic heterocycles. The number of anilines is 1. The van der Waals surface area contributed by atoms with E-state index in [2.05, 4.69) is 31.5 Å². The molecule has 0 bridgehead atoms. The molecule has 0 fully saturated rings. The molecule has 1 unspecified atom stereocenters. The van der Waals surface area contributed by atoms with Crippen LogP contribution in [0.4, 0.5) is 10.6 Å². The van der Waals surface area contributed by atoms with Gasteiger partial charge < -0.3 is 15.4 Å². The number of rotatable bonds is 1. The molecule has 1 aliphatic heterocycles. The van der Waals surface area contributed by atoms with Gasteiger partial charge in [-0.15, -0.1) is 0 Å². The van der Waals surface area contributed by atoms with Crippen LogP contribution in [0.3, 0.4) is 0 Å². The Kier molecular flexibility index (Phi) is 3.99. The minimum atomic E-state index is -0.659. The van der Waals surface area contributed by atoms with Crippen molar-refractivity contribution in [2.45, 2.75) is 38.8 Å². The van der Waals surface area contributed by atoms with E-state index in [0.29, 0.717) is 12.2 Å². The van der Waals surface area contributed by atoms with E-state index < -0.39 is 17.7 Å². The molecule has 2 rings (SSSR count). The molecule has 1 atom stereocenters. The zero-order valence-corrected chi connectivity index (χ0v) is 13.1. The molecule has 1 aliphatic rings. The molecule has 0 aliphatic carbocycles. The highest BCUT2D eigenvalue weighted by atomic mass is 79.9. The number of alkyl carbamates (subject to hydrolysis) is 1. The first-order valence-corrected chi connectivity index (χ1v) is 6.99.